The lowest BCUT2D eigenvalue weighted by atomic mass is 10.2. The summed E-state index contributed by atoms with van der Waals surface area (Å²) in [4.78, 5) is 0. The molecule has 0 aliphatic heterocycles. The maximum atomic E-state index is 13.0. The Labute approximate surface area is 123 Å². The van der Waals surface area contributed by atoms with Crippen LogP contribution in [-0.4, -0.2) is 9.78 Å². The van der Waals surface area contributed by atoms with Crippen LogP contribution in [0.5, 0.6) is 0 Å². The van der Waals surface area contributed by atoms with Crippen molar-refractivity contribution in [3.63, 3.8) is 0 Å². The highest BCUT2D eigenvalue weighted by Gasteiger charge is 2.05. The smallest absolute Gasteiger partial charge is 0.126 e. The maximum absolute atomic E-state index is 13.0. The van der Waals surface area contributed by atoms with Crippen LogP contribution in [0, 0.1) is 11.6 Å². The fourth-order valence-corrected chi connectivity index (χ4v) is 1.99. The Morgan fingerprint density at radius 1 is 1.15 bits per heavy atom. The van der Waals surface area contributed by atoms with Gasteiger partial charge in [-0.1, -0.05) is 0 Å². The molecule has 0 aliphatic rings. The zero-order chi connectivity index (χ0) is 13.8. The third-order valence-corrected chi connectivity index (χ3v) is 2.80. The SMILES string of the molecule is CC(C)n1nccc1CNCc1cc(F)cc(F)c1.Cl. The molecule has 0 bridgehead atoms. The Balaban J connectivity index is 0.00000200. The van der Waals surface area contributed by atoms with Gasteiger partial charge in [0.05, 0.1) is 5.69 Å². The molecule has 0 saturated carbocycles. The summed E-state index contributed by atoms with van der Waals surface area (Å²) in [6.45, 7) is 5.13. The van der Waals surface area contributed by atoms with Crippen LogP contribution < -0.4 is 5.32 Å². The Kier molecular flexibility index (Phi) is 6.10. The predicted molar refractivity (Wildman–Crippen MR) is 76.8 cm³/mol. The monoisotopic (exact) mass is 301 g/mol. The first-order valence-corrected chi connectivity index (χ1v) is 6.24. The highest BCUT2D eigenvalue weighted by atomic mass is 35.5. The highest BCUT2D eigenvalue weighted by molar-refractivity contribution is 5.85. The van der Waals surface area contributed by atoms with Gasteiger partial charge in [0, 0.05) is 31.4 Å². The summed E-state index contributed by atoms with van der Waals surface area (Å²) in [5.74, 6) is -1.10. The van der Waals surface area contributed by atoms with Crippen LogP contribution in [0.15, 0.2) is 30.5 Å². The first-order valence-electron chi connectivity index (χ1n) is 6.24. The molecular weight excluding hydrogens is 284 g/mol. The van der Waals surface area contributed by atoms with Crippen molar-refractivity contribution in [3.05, 3.63) is 53.4 Å². The van der Waals surface area contributed by atoms with Gasteiger partial charge in [-0.15, -0.1) is 12.4 Å². The van der Waals surface area contributed by atoms with E-state index in [1.807, 2.05) is 10.7 Å². The van der Waals surface area contributed by atoms with Gasteiger partial charge < -0.3 is 5.32 Å². The normalized spacial score (nSPS) is 10.7. The van der Waals surface area contributed by atoms with Crippen molar-refractivity contribution in [1.29, 1.82) is 0 Å². The Hall–Kier alpha value is -1.46. The number of nitrogens with one attached hydrogen (secondary N) is 1. The topological polar surface area (TPSA) is 29.9 Å². The van der Waals surface area contributed by atoms with Crippen molar-refractivity contribution in [3.8, 4) is 0 Å². The molecule has 20 heavy (non-hydrogen) atoms. The van der Waals surface area contributed by atoms with Crippen molar-refractivity contribution >= 4 is 12.4 Å². The van der Waals surface area contributed by atoms with Gasteiger partial charge in [0.2, 0.25) is 0 Å². The van der Waals surface area contributed by atoms with Crippen molar-refractivity contribution in [2.75, 3.05) is 0 Å². The van der Waals surface area contributed by atoms with Gasteiger partial charge >= 0.3 is 0 Å². The molecule has 6 heteroatoms. The van der Waals surface area contributed by atoms with Crippen molar-refractivity contribution < 1.29 is 8.78 Å². The van der Waals surface area contributed by atoms with Crippen LogP contribution >= 0.6 is 12.4 Å². The number of rotatable bonds is 5. The molecule has 2 rings (SSSR count). The lowest BCUT2D eigenvalue weighted by Gasteiger charge is -2.11. The molecule has 0 radical (unpaired) electrons. The second-order valence-electron chi connectivity index (χ2n) is 4.74. The van der Waals surface area contributed by atoms with Crippen molar-refractivity contribution in [2.45, 2.75) is 33.0 Å². The zero-order valence-corrected chi connectivity index (χ0v) is 12.3. The zero-order valence-electron chi connectivity index (χ0n) is 11.4. The fourth-order valence-electron chi connectivity index (χ4n) is 1.99. The molecular formula is C14H18ClF2N3. The van der Waals surface area contributed by atoms with Crippen LogP contribution in [0.1, 0.15) is 31.1 Å². The molecule has 3 nitrogen and oxygen atoms in total. The third kappa shape index (κ3) is 4.28. The Morgan fingerprint density at radius 3 is 2.40 bits per heavy atom. The fraction of sp³-hybridized carbons (Fsp3) is 0.357. The quantitative estimate of drug-likeness (QED) is 0.916. The minimum absolute atomic E-state index is 0. The van der Waals surface area contributed by atoms with E-state index < -0.39 is 11.6 Å². The van der Waals surface area contributed by atoms with Crippen LogP contribution in [-0.2, 0) is 13.1 Å². The Bertz CT molecular complexity index is 535. The van der Waals surface area contributed by atoms with Crippen LogP contribution in [0.4, 0.5) is 8.78 Å². The molecule has 0 spiro atoms. The van der Waals surface area contributed by atoms with Crippen LogP contribution in [0.3, 0.4) is 0 Å². The summed E-state index contributed by atoms with van der Waals surface area (Å²) >= 11 is 0. The molecule has 1 N–H and O–H groups in total. The number of nitrogens with zero attached hydrogens (tertiary/aromatic N) is 2. The average Bonchev–Trinajstić information content (AvgIpc) is 2.76. The molecule has 1 aromatic carbocycles. The maximum Gasteiger partial charge on any atom is 0.126 e. The van der Waals surface area contributed by atoms with E-state index in [4.69, 9.17) is 0 Å². The molecule has 0 fully saturated rings. The van der Waals surface area contributed by atoms with Crippen molar-refractivity contribution in [2.24, 2.45) is 0 Å². The minimum atomic E-state index is -0.552. The Morgan fingerprint density at radius 2 is 1.80 bits per heavy atom. The van der Waals surface area contributed by atoms with E-state index in [0.717, 1.165) is 11.8 Å². The number of halogens is 3. The molecule has 0 atom stereocenters. The van der Waals surface area contributed by atoms with E-state index in [-0.39, 0.29) is 12.4 Å². The van der Waals surface area contributed by atoms with E-state index in [1.165, 1.54) is 12.1 Å². The van der Waals surface area contributed by atoms with Gasteiger partial charge in [0.15, 0.2) is 0 Å². The predicted octanol–water partition coefficient (Wildman–Crippen LogP) is 3.45. The molecule has 2 aromatic rings. The van der Waals surface area contributed by atoms with E-state index >= 15 is 0 Å². The summed E-state index contributed by atoms with van der Waals surface area (Å²) in [5, 5.41) is 7.39. The van der Waals surface area contributed by atoms with Crippen molar-refractivity contribution in [1.82, 2.24) is 15.1 Å². The standard InChI is InChI=1S/C14H17F2N3.ClH/c1-10(2)19-14(3-4-18-19)9-17-8-11-5-12(15)7-13(16)6-11;/h3-7,10,17H,8-9H2,1-2H3;1H. The lowest BCUT2D eigenvalue weighted by molar-refractivity contribution is 0.494. The number of aromatic nitrogens is 2. The van der Waals surface area contributed by atoms with Crippen LogP contribution in [0.25, 0.3) is 0 Å². The van der Waals surface area contributed by atoms with Gasteiger partial charge in [0.25, 0.3) is 0 Å². The van der Waals surface area contributed by atoms with Gasteiger partial charge in [-0.2, -0.15) is 5.10 Å². The summed E-state index contributed by atoms with van der Waals surface area (Å²) < 4.78 is 27.9. The van der Waals surface area contributed by atoms with Gasteiger partial charge in [0.1, 0.15) is 11.6 Å². The third-order valence-electron chi connectivity index (χ3n) is 2.80. The van der Waals surface area contributed by atoms with E-state index in [1.54, 1.807) is 6.20 Å². The molecule has 110 valence electrons. The van der Waals surface area contributed by atoms with Gasteiger partial charge in [-0.05, 0) is 37.6 Å². The van der Waals surface area contributed by atoms with E-state index in [9.17, 15) is 8.78 Å². The molecule has 0 amide bonds. The summed E-state index contributed by atoms with van der Waals surface area (Å²) in [5.41, 5.74) is 1.64. The summed E-state index contributed by atoms with van der Waals surface area (Å²) in [6, 6.07) is 5.75. The molecule has 1 heterocycles. The van der Waals surface area contributed by atoms with E-state index in [0.29, 0.717) is 24.7 Å². The highest BCUT2D eigenvalue weighted by Crippen LogP contribution is 2.10. The molecule has 0 aliphatic carbocycles. The minimum Gasteiger partial charge on any atom is -0.307 e. The summed E-state index contributed by atoms with van der Waals surface area (Å²) in [6.07, 6.45) is 1.75. The average molecular weight is 302 g/mol. The van der Waals surface area contributed by atoms with Crippen LogP contribution in [0.2, 0.25) is 0 Å². The number of benzene rings is 1. The molecule has 1 aromatic heterocycles. The van der Waals surface area contributed by atoms with E-state index in [2.05, 4.69) is 24.3 Å². The van der Waals surface area contributed by atoms with Gasteiger partial charge in [-0.25, -0.2) is 8.78 Å². The second-order valence-corrected chi connectivity index (χ2v) is 4.74. The summed E-state index contributed by atoms with van der Waals surface area (Å²) in [7, 11) is 0. The number of hydrogen-bond donors (Lipinski definition) is 1. The largest absolute Gasteiger partial charge is 0.307 e. The second kappa shape index (κ2) is 7.36. The first-order chi connectivity index (χ1) is 9.06. The number of hydrogen-bond acceptors (Lipinski definition) is 2. The molecule has 0 unspecified atom stereocenters. The molecule has 0 saturated heterocycles. The van der Waals surface area contributed by atoms with Gasteiger partial charge in [-0.3, -0.25) is 4.68 Å². The first kappa shape index (κ1) is 16.6. The lowest BCUT2D eigenvalue weighted by Crippen LogP contribution is -2.17.